The molecular formula is C10H11N5O3S2. The highest BCUT2D eigenvalue weighted by Gasteiger charge is 2.17. The predicted octanol–water partition coefficient (Wildman–Crippen LogP) is 0.749. The third kappa shape index (κ3) is 3.78. The van der Waals surface area contributed by atoms with Crippen molar-refractivity contribution in [3.8, 4) is 5.88 Å². The minimum Gasteiger partial charge on any atom is -0.481 e. The smallest absolute Gasteiger partial charge is 0.255 e. The molecule has 0 aliphatic carbocycles. The molecule has 0 bridgehead atoms. The molecule has 2 rings (SSSR count). The van der Waals surface area contributed by atoms with Crippen molar-refractivity contribution in [1.29, 1.82) is 0 Å². The number of thioether (sulfide) groups is 1. The molecule has 106 valence electrons. The quantitative estimate of drug-likeness (QED) is 0.619. The van der Waals surface area contributed by atoms with E-state index < -0.39 is 5.25 Å². The summed E-state index contributed by atoms with van der Waals surface area (Å²) in [5.41, 5.74) is 1.19. The van der Waals surface area contributed by atoms with E-state index in [0.29, 0.717) is 10.3 Å². The lowest BCUT2D eigenvalue weighted by Gasteiger charge is -2.09. The van der Waals surface area contributed by atoms with Crippen molar-refractivity contribution in [3.63, 3.8) is 0 Å². The van der Waals surface area contributed by atoms with Gasteiger partial charge in [-0.15, -0.1) is 10.2 Å². The van der Waals surface area contributed by atoms with Crippen molar-refractivity contribution < 1.29 is 9.53 Å². The Labute approximate surface area is 122 Å². The fourth-order valence-corrected chi connectivity index (χ4v) is 2.48. The summed E-state index contributed by atoms with van der Waals surface area (Å²) in [6.07, 6.45) is 0. The largest absolute Gasteiger partial charge is 0.481 e. The monoisotopic (exact) mass is 313 g/mol. The van der Waals surface area contributed by atoms with Crippen LogP contribution in [0.4, 0.5) is 5.13 Å². The zero-order valence-corrected chi connectivity index (χ0v) is 12.2. The summed E-state index contributed by atoms with van der Waals surface area (Å²) < 4.78 is 4.90. The van der Waals surface area contributed by atoms with Gasteiger partial charge in [0.25, 0.3) is 5.56 Å². The Hall–Kier alpha value is -1.94. The second-order valence-electron chi connectivity index (χ2n) is 3.59. The Kier molecular flexibility index (Phi) is 4.69. The van der Waals surface area contributed by atoms with E-state index in [1.165, 1.54) is 30.0 Å². The van der Waals surface area contributed by atoms with Gasteiger partial charge in [0.05, 0.1) is 18.4 Å². The number of nitrogens with one attached hydrogen (secondary N) is 2. The molecule has 10 heteroatoms. The van der Waals surface area contributed by atoms with Gasteiger partial charge in [-0.3, -0.25) is 14.9 Å². The number of ether oxygens (including phenoxy) is 1. The summed E-state index contributed by atoms with van der Waals surface area (Å²) in [6, 6.07) is 1.23. The number of H-pyrrole nitrogens is 1. The van der Waals surface area contributed by atoms with E-state index in [9.17, 15) is 9.59 Å². The van der Waals surface area contributed by atoms with E-state index >= 15 is 0 Å². The van der Waals surface area contributed by atoms with Gasteiger partial charge in [0.1, 0.15) is 5.51 Å². The lowest BCUT2D eigenvalue weighted by atomic mass is 10.4. The van der Waals surface area contributed by atoms with Crippen LogP contribution in [-0.4, -0.2) is 38.4 Å². The lowest BCUT2D eigenvalue weighted by molar-refractivity contribution is -0.115. The molecule has 2 aromatic heterocycles. The number of hydrogen-bond acceptors (Lipinski definition) is 8. The third-order valence-electron chi connectivity index (χ3n) is 2.15. The molecule has 1 unspecified atom stereocenters. The van der Waals surface area contributed by atoms with Crippen LogP contribution in [0.15, 0.2) is 21.5 Å². The first-order chi connectivity index (χ1) is 9.58. The molecule has 8 nitrogen and oxygen atoms in total. The number of hydrogen-bond donors (Lipinski definition) is 2. The number of rotatable bonds is 5. The van der Waals surface area contributed by atoms with Gasteiger partial charge < -0.3 is 9.72 Å². The second kappa shape index (κ2) is 6.48. The highest BCUT2D eigenvalue weighted by Crippen LogP contribution is 2.21. The van der Waals surface area contributed by atoms with Gasteiger partial charge in [0, 0.05) is 0 Å². The van der Waals surface area contributed by atoms with E-state index in [4.69, 9.17) is 4.74 Å². The first-order valence-corrected chi connectivity index (χ1v) is 7.23. The standard InChI is InChI=1S/C10H11N5O3S2/c1-5(8(17)14-10-15-11-4-19-10)20-9-12-6(16)3-7(13-9)18-2/h3-5H,1-2H3,(H,12,13,16)(H,14,15,17). The number of methoxy groups -OCH3 is 1. The summed E-state index contributed by atoms with van der Waals surface area (Å²) in [5.74, 6) is -0.0507. The average Bonchev–Trinajstić information content (AvgIpc) is 2.90. The van der Waals surface area contributed by atoms with Crippen LogP contribution < -0.4 is 15.6 Å². The van der Waals surface area contributed by atoms with Crippen LogP contribution in [0.3, 0.4) is 0 Å². The first kappa shape index (κ1) is 14.5. The first-order valence-electron chi connectivity index (χ1n) is 5.47. The minimum atomic E-state index is -0.464. The molecular weight excluding hydrogens is 302 g/mol. The number of nitrogens with zero attached hydrogens (tertiary/aromatic N) is 3. The van der Waals surface area contributed by atoms with Gasteiger partial charge in [0.15, 0.2) is 5.16 Å². The number of amides is 1. The lowest BCUT2D eigenvalue weighted by Crippen LogP contribution is -2.23. The normalized spacial score (nSPS) is 11.9. The summed E-state index contributed by atoms with van der Waals surface area (Å²) >= 11 is 2.34. The topological polar surface area (TPSA) is 110 Å². The molecule has 0 saturated carbocycles. The van der Waals surface area contributed by atoms with Gasteiger partial charge in [-0.25, -0.2) is 0 Å². The molecule has 1 amide bonds. The maximum atomic E-state index is 11.9. The molecule has 2 N–H and O–H groups in total. The SMILES string of the molecule is COc1cc(=O)[nH]c(SC(C)C(=O)Nc2nncs2)n1. The Bertz CT molecular complexity index is 643. The van der Waals surface area contributed by atoms with Crippen LogP contribution in [0.1, 0.15) is 6.92 Å². The van der Waals surface area contributed by atoms with E-state index in [2.05, 4.69) is 25.5 Å². The minimum absolute atomic E-state index is 0.202. The van der Waals surface area contributed by atoms with Crippen LogP contribution in [0.5, 0.6) is 5.88 Å². The summed E-state index contributed by atoms with van der Waals surface area (Å²) in [5, 5.41) is 10.2. The van der Waals surface area contributed by atoms with Crippen LogP contribution in [-0.2, 0) is 4.79 Å². The molecule has 20 heavy (non-hydrogen) atoms. The highest BCUT2D eigenvalue weighted by molar-refractivity contribution is 8.00. The number of anilines is 1. The van der Waals surface area contributed by atoms with E-state index in [-0.39, 0.29) is 17.3 Å². The van der Waals surface area contributed by atoms with Crippen molar-refractivity contribution in [2.75, 3.05) is 12.4 Å². The summed E-state index contributed by atoms with van der Waals surface area (Å²) in [4.78, 5) is 29.9. The van der Waals surface area contributed by atoms with Gasteiger partial charge in [-0.2, -0.15) is 4.98 Å². The van der Waals surface area contributed by atoms with Gasteiger partial charge >= 0.3 is 0 Å². The van der Waals surface area contributed by atoms with E-state index in [1.807, 2.05) is 0 Å². The molecule has 0 saturated heterocycles. The van der Waals surface area contributed by atoms with Gasteiger partial charge in [-0.05, 0) is 6.92 Å². The van der Waals surface area contributed by atoms with Gasteiger partial charge in [0.2, 0.25) is 16.9 Å². The molecule has 0 radical (unpaired) electrons. The Morgan fingerprint density at radius 2 is 2.40 bits per heavy atom. The van der Waals surface area contributed by atoms with Crippen LogP contribution in [0.2, 0.25) is 0 Å². The van der Waals surface area contributed by atoms with Crippen LogP contribution in [0.25, 0.3) is 0 Å². The van der Waals surface area contributed by atoms with Crippen LogP contribution in [0, 0.1) is 0 Å². The van der Waals surface area contributed by atoms with Crippen molar-refractivity contribution in [2.24, 2.45) is 0 Å². The second-order valence-corrected chi connectivity index (χ2v) is 5.75. The molecule has 0 aliphatic rings. The third-order valence-corrected chi connectivity index (χ3v) is 3.74. The average molecular weight is 313 g/mol. The Balaban J connectivity index is 2.03. The number of carbonyl (C=O) groups is 1. The van der Waals surface area contributed by atoms with Crippen LogP contribution >= 0.6 is 23.1 Å². The Morgan fingerprint density at radius 3 is 3.05 bits per heavy atom. The van der Waals surface area contributed by atoms with E-state index in [1.54, 1.807) is 6.92 Å². The zero-order chi connectivity index (χ0) is 14.5. The fraction of sp³-hybridized carbons (Fsp3) is 0.300. The summed E-state index contributed by atoms with van der Waals surface area (Å²) in [7, 11) is 1.42. The maximum absolute atomic E-state index is 11.9. The Morgan fingerprint density at radius 1 is 1.60 bits per heavy atom. The molecule has 0 spiro atoms. The maximum Gasteiger partial charge on any atom is 0.255 e. The predicted molar refractivity (Wildman–Crippen MR) is 75.3 cm³/mol. The number of aromatic amines is 1. The van der Waals surface area contributed by atoms with E-state index in [0.717, 1.165) is 11.8 Å². The van der Waals surface area contributed by atoms with Crippen molar-refractivity contribution in [2.45, 2.75) is 17.3 Å². The number of aromatic nitrogens is 4. The van der Waals surface area contributed by atoms with Crippen molar-refractivity contribution >= 4 is 34.1 Å². The molecule has 0 aromatic carbocycles. The molecule has 0 aliphatic heterocycles. The highest BCUT2D eigenvalue weighted by atomic mass is 32.2. The molecule has 0 fully saturated rings. The molecule has 2 heterocycles. The van der Waals surface area contributed by atoms with Crippen molar-refractivity contribution in [1.82, 2.24) is 20.2 Å². The molecule has 2 aromatic rings. The number of carbonyl (C=O) groups excluding carboxylic acids is 1. The van der Waals surface area contributed by atoms with Gasteiger partial charge in [-0.1, -0.05) is 23.1 Å². The zero-order valence-electron chi connectivity index (χ0n) is 10.6. The summed E-state index contributed by atoms with van der Waals surface area (Å²) in [6.45, 7) is 1.69. The molecule has 1 atom stereocenters. The fourth-order valence-electron chi connectivity index (χ4n) is 1.23. The van der Waals surface area contributed by atoms with Crippen molar-refractivity contribution in [3.05, 3.63) is 21.9 Å².